The van der Waals surface area contributed by atoms with Gasteiger partial charge in [0, 0.05) is 23.7 Å². The number of amides is 1. The molecule has 0 spiro atoms. The number of rotatable bonds is 6. The quantitative estimate of drug-likeness (QED) is 0.701. The summed E-state index contributed by atoms with van der Waals surface area (Å²) in [5, 5.41) is 0.489. The summed E-state index contributed by atoms with van der Waals surface area (Å²) >= 11 is 5.87. The van der Waals surface area contributed by atoms with Crippen LogP contribution in [0.3, 0.4) is 0 Å². The molecule has 1 aromatic heterocycles. The minimum absolute atomic E-state index is 0.338. The van der Waals surface area contributed by atoms with E-state index in [-0.39, 0.29) is 5.91 Å². The standard InChI is InChI=1S/C15H19ClN6O/c1-3-22(4-2)14-12(17)13(18-9-19-14)20-21-15(23)10-6-5-7-11(16)8-10/h5-9H,3-4,17H2,1-2H3,(H,21,23)(H,18,19,20). The first-order valence-corrected chi connectivity index (χ1v) is 7.62. The van der Waals surface area contributed by atoms with E-state index in [4.69, 9.17) is 17.3 Å². The van der Waals surface area contributed by atoms with Gasteiger partial charge in [0.2, 0.25) is 0 Å². The number of hydrazine groups is 1. The first-order chi connectivity index (χ1) is 11.1. The zero-order chi connectivity index (χ0) is 16.8. The number of halogens is 1. The van der Waals surface area contributed by atoms with Gasteiger partial charge in [-0.15, -0.1) is 0 Å². The van der Waals surface area contributed by atoms with Crippen molar-refractivity contribution in [1.29, 1.82) is 0 Å². The van der Waals surface area contributed by atoms with Crippen molar-refractivity contribution in [3.63, 3.8) is 0 Å². The Morgan fingerprint density at radius 2 is 2.04 bits per heavy atom. The van der Waals surface area contributed by atoms with Gasteiger partial charge in [-0.25, -0.2) is 9.97 Å². The van der Waals surface area contributed by atoms with E-state index < -0.39 is 0 Å². The van der Waals surface area contributed by atoms with Crippen LogP contribution in [0.25, 0.3) is 0 Å². The lowest BCUT2D eigenvalue weighted by Crippen LogP contribution is -2.31. The average Bonchev–Trinajstić information content (AvgIpc) is 2.56. The third kappa shape index (κ3) is 4.01. The minimum Gasteiger partial charge on any atom is -0.393 e. The van der Waals surface area contributed by atoms with Crippen molar-refractivity contribution in [2.24, 2.45) is 0 Å². The van der Waals surface area contributed by atoms with Gasteiger partial charge in [-0.05, 0) is 32.0 Å². The molecule has 0 aliphatic carbocycles. The van der Waals surface area contributed by atoms with Crippen LogP contribution in [0, 0.1) is 0 Å². The Morgan fingerprint density at radius 1 is 1.30 bits per heavy atom. The SMILES string of the molecule is CCN(CC)c1ncnc(NNC(=O)c2cccc(Cl)c2)c1N. The first kappa shape index (κ1) is 16.8. The molecule has 4 N–H and O–H groups in total. The number of aromatic nitrogens is 2. The van der Waals surface area contributed by atoms with Crippen LogP contribution in [0.4, 0.5) is 17.3 Å². The Bertz CT molecular complexity index is 689. The van der Waals surface area contributed by atoms with Crippen LogP contribution in [0.5, 0.6) is 0 Å². The Kier molecular flexibility index (Phi) is 5.59. The van der Waals surface area contributed by atoms with E-state index in [9.17, 15) is 4.79 Å². The van der Waals surface area contributed by atoms with Crippen molar-refractivity contribution >= 4 is 34.8 Å². The minimum atomic E-state index is -0.338. The number of carbonyl (C=O) groups excluding carboxylic acids is 1. The molecule has 0 radical (unpaired) electrons. The third-order valence-electron chi connectivity index (χ3n) is 3.31. The fraction of sp³-hybridized carbons (Fsp3) is 0.267. The highest BCUT2D eigenvalue weighted by atomic mass is 35.5. The number of hydrogen-bond acceptors (Lipinski definition) is 6. The lowest BCUT2D eigenvalue weighted by Gasteiger charge is -2.22. The van der Waals surface area contributed by atoms with Gasteiger partial charge in [0.1, 0.15) is 12.0 Å². The molecule has 1 heterocycles. The van der Waals surface area contributed by atoms with E-state index in [0.717, 1.165) is 13.1 Å². The second-order valence-corrected chi connectivity index (χ2v) is 5.16. The summed E-state index contributed by atoms with van der Waals surface area (Å²) in [4.78, 5) is 22.3. The second-order valence-electron chi connectivity index (χ2n) is 4.72. The third-order valence-corrected chi connectivity index (χ3v) is 3.54. The van der Waals surface area contributed by atoms with Crippen LogP contribution in [0.1, 0.15) is 24.2 Å². The van der Waals surface area contributed by atoms with Crippen molar-refractivity contribution in [3.8, 4) is 0 Å². The van der Waals surface area contributed by atoms with Crippen molar-refractivity contribution in [1.82, 2.24) is 15.4 Å². The summed E-state index contributed by atoms with van der Waals surface area (Å²) in [7, 11) is 0. The molecular formula is C15H19ClN6O. The molecule has 0 bridgehead atoms. The van der Waals surface area contributed by atoms with Gasteiger partial charge in [-0.1, -0.05) is 17.7 Å². The normalized spacial score (nSPS) is 10.2. The molecule has 0 atom stereocenters. The Morgan fingerprint density at radius 3 is 2.70 bits per heavy atom. The van der Waals surface area contributed by atoms with Gasteiger partial charge in [-0.3, -0.25) is 15.6 Å². The van der Waals surface area contributed by atoms with Crippen molar-refractivity contribution < 1.29 is 4.79 Å². The number of nitrogens with zero attached hydrogens (tertiary/aromatic N) is 3. The van der Waals surface area contributed by atoms with Gasteiger partial charge >= 0.3 is 0 Å². The van der Waals surface area contributed by atoms with Crippen LogP contribution in [-0.4, -0.2) is 29.0 Å². The molecule has 0 fully saturated rings. The highest BCUT2D eigenvalue weighted by Crippen LogP contribution is 2.25. The van der Waals surface area contributed by atoms with Crippen molar-refractivity contribution in [2.45, 2.75) is 13.8 Å². The second kappa shape index (κ2) is 7.64. The monoisotopic (exact) mass is 334 g/mol. The molecule has 23 heavy (non-hydrogen) atoms. The lowest BCUT2D eigenvalue weighted by molar-refractivity contribution is 0.0962. The molecule has 8 heteroatoms. The van der Waals surface area contributed by atoms with E-state index in [1.54, 1.807) is 24.3 Å². The Labute approximate surface area is 139 Å². The Hall–Kier alpha value is -2.54. The molecule has 2 rings (SSSR count). The van der Waals surface area contributed by atoms with Gasteiger partial charge in [0.25, 0.3) is 5.91 Å². The molecule has 0 aliphatic heterocycles. The number of nitrogens with one attached hydrogen (secondary N) is 2. The number of nitrogen functional groups attached to an aromatic ring is 1. The molecule has 1 amide bonds. The maximum atomic E-state index is 12.1. The molecule has 0 saturated carbocycles. The van der Waals surface area contributed by atoms with E-state index in [2.05, 4.69) is 20.8 Å². The topological polar surface area (TPSA) is 96.2 Å². The van der Waals surface area contributed by atoms with E-state index in [1.165, 1.54) is 6.33 Å². The van der Waals surface area contributed by atoms with Gasteiger partial charge in [0.15, 0.2) is 11.6 Å². The molecule has 2 aromatic rings. The van der Waals surface area contributed by atoms with Crippen molar-refractivity contribution in [2.75, 3.05) is 29.1 Å². The number of benzene rings is 1. The van der Waals surface area contributed by atoms with Gasteiger partial charge < -0.3 is 10.6 Å². The number of nitrogens with two attached hydrogens (primary N) is 1. The molecular weight excluding hydrogens is 316 g/mol. The summed E-state index contributed by atoms with van der Waals surface area (Å²) in [6.45, 7) is 5.57. The largest absolute Gasteiger partial charge is 0.393 e. The van der Waals surface area contributed by atoms with E-state index in [0.29, 0.717) is 27.9 Å². The van der Waals surface area contributed by atoms with Crippen molar-refractivity contribution in [3.05, 3.63) is 41.2 Å². The van der Waals surface area contributed by atoms with Crippen LogP contribution in [0.15, 0.2) is 30.6 Å². The fourth-order valence-electron chi connectivity index (χ4n) is 2.08. The zero-order valence-electron chi connectivity index (χ0n) is 13.0. The highest BCUT2D eigenvalue weighted by Gasteiger charge is 2.13. The van der Waals surface area contributed by atoms with Crippen LogP contribution in [0.2, 0.25) is 5.02 Å². The van der Waals surface area contributed by atoms with Gasteiger partial charge in [-0.2, -0.15) is 0 Å². The molecule has 0 saturated heterocycles. The molecule has 0 unspecified atom stereocenters. The van der Waals surface area contributed by atoms with E-state index >= 15 is 0 Å². The first-order valence-electron chi connectivity index (χ1n) is 7.24. The number of carbonyl (C=O) groups is 1. The maximum Gasteiger partial charge on any atom is 0.269 e. The lowest BCUT2D eigenvalue weighted by atomic mass is 10.2. The number of hydrogen-bond donors (Lipinski definition) is 3. The molecule has 0 aliphatic rings. The average molecular weight is 335 g/mol. The molecule has 122 valence electrons. The van der Waals surface area contributed by atoms with Crippen LogP contribution in [-0.2, 0) is 0 Å². The summed E-state index contributed by atoms with van der Waals surface area (Å²) in [6, 6.07) is 6.64. The summed E-state index contributed by atoms with van der Waals surface area (Å²) in [6.07, 6.45) is 1.40. The highest BCUT2D eigenvalue weighted by molar-refractivity contribution is 6.30. The summed E-state index contributed by atoms with van der Waals surface area (Å²) in [5.41, 5.74) is 12.2. The number of anilines is 3. The summed E-state index contributed by atoms with van der Waals surface area (Å²) < 4.78 is 0. The van der Waals surface area contributed by atoms with Crippen LogP contribution < -0.4 is 21.5 Å². The fourth-order valence-corrected chi connectivity index (χ4v) is 2.27. The van der Waals surface area contributed by atoms with Gasteiger partial charge in [0.05, 0.1) is 0 Å². The predicted octanol–water partition coefficient (Wildman–Crippen LogP) is 2.32. The predicted molar refractivity (Wildman–Crippen MR) is 92.5 cm³/mol. The summed E-state index contributed by atoms with van der Waals surface area (Å²) in [5.74, 6) is 0.636. The zero-order valence-corrected chi connectivity index (χ0v) is 13.8. The smallest absolute Gasteiger partial charge is 0.269 e. The maximum absolute atomic E-state index is 12.1. The van der Waals surface area contributed by atoms with E-state index in [1.807, 2.05) is 18.7 Å². The van der Waals surface area contributed by atoms with Crippen LogP contribution >= 0.6 is 11.6 Å². The molecule has 7 nitrogen and oxygen atoms in total. The Balaban J connectivity index is 2.12. The molecule has 1 aromatic carbocycles.